The van der Waals surface area contributed by atoms with E-state index in [0.717, 1.165) is 19.4 Å². The Kier molecular flexibility index (Phi) is 4.43. The van der Waals surface area contributed by atoms with Gasteiger partial charge in [-0.2, -0.15) is 0 Å². The van der Waals surface area contributed by atoms with Crippen LogP contribution in [0.4, 0.5) is 0 Å². The predicted octanol–water partition coefficient (Wildman–Crippen LogP) is 1.61. The lowest BCUT2D eigenvalue weighted by Crippen LogP contribution is -2.45. The van der Waals surface area contributed by atoms with Crippen LogP contribution in [0.2, 0.25) is 0 Å². The molecular weight excluding hydrogens is 296 g/mol. The lowest BCUT2D eigenvalue weighted by molar-refractivity contribution is -0.144. The van der Waals surface area contributed by atoms with Crippen LogP contribution in [0, 0.1) is 0 Å². The molecule has 1 aromatic rings. The fourth-order valence-electron chi connectivity index (χ4n) is 3.41. The first-order chi connectivity index (χ1) is 11.1. The van der Waals surface area contributed by atoms with Gasteiger partial charge in [-0.15, -0.1) is 0 Å². The average molecular weight is 316 g/mol. The van der Waals surface area contributed by atoms with Crippen molar-refractivity contribution in [3.8, 4) is 0 Å². The van der Waals surface area contributed by atoms with E-state index in [1.54, 1.807) is 24.3 Å². The maximum atomic E-state index is 12.3. The standard InChI is InChI=1S/C17H20N2O4/c20-15-12-6-1-2-7-13(12)16(21)19(15)11-5-10-18-9-4-3-8-14(18)17(22)23/h1-2,6-7,14H,3-5,8-11H2,(H,22,23). The molecule has 1 saturated heterocycles. The van der Waals surface area contributed by atoms with Crippen molar-refractivity contribution in [1.82, 2.24) is 9.80 Å². The van der Waals surface area contributed by atoms with Gasteiger partial charge in [-0.3, -0.25) is 24.2 Å². The molecule has 0 aromatic heterocycles. The second-order valence-electron chi connectivity index (χ2n) is 6.05. The number of aliphatic carboxylic acids is 1. The Labute approximate surface area is 134 Å². The number of rotatable bonds is 5. The van der Waals surface area contributed by atoms with Crippen LogP contribution >= 0.6 is 0 Å². The second-order valence-corrected chi connectivity index (χ2v) is 6.05. The van der Waals surface area contributed by atoms with Crippen LogP contribution in [0.5, 0.6) is 0 Å². The summed E-state index contributed by atoms with van der Waals surface area (Å²) in [5.41, 5.74) is 0.915. The summed E-state index contributed by atoms with van der Waals surface area (Å²) < 4.78 is 0. The van der Waals surface area contributed by atoms with E-state index in [0.29, 0.717) is 37.1 Å². The van der Waals surface area contributed by atoms with Crippen molar-refractivity contribution in [2.45, 2.75) is 31.7 Å². The van der Waals surface area contributed by atoms with Crippen molar-refractivity contribution < 1.29 is 19.5 Å². The Morgan fingerprint density at radius 3 is 2.35 bits per heavy atom. The molecule has 2 aliphatic rings. The van der Waals surface area contributed by atoms with Gasteiger partial charge in [0.15, 0.2) is 0 Å². The van der Waals surface area contributed by atoms with Crippen molar-refractivity contribution in [3.63, 3.8) is 0 Å². The van der Waals surface area contributed by atoms with Crippen molar-refractivity contribution in [3.05, 3.63) is 35.4 Å². The quantitative estimate of drug-likeness (QED) is 0.835. The van der Waals surface area contributed by atoms with Gasteiger partial charge in [0, 0.05) is 13.1 Å². The van der Waals surface area contributed by atoms with Crippen molar-refractivity contribution in [2.75, 3.05) is 19.6 Å². The predicted molar refractivity (Wildman–Crippen MR) is 83.3 cm³/mol. The van der Waals surface area contributed by atoms with Gasteiger partial charge < -0.3 is 5.11 Å². The zero-order valence-corrected chi connectivity index (χ0v) is 12.9. The average Bonchev–Trinajstić information content (AvgIpc) is 2.80. The van der Waals surface area contributed by atoms with Crippen molar-refractivity contribution >= 4 is 17.8 Å². The highest BCUT2D eigenvalue weighted by atomic mass is 16.4. The molecule has 1 aromatic carbocycles. The van der Waals surface area contributed by atoms with Gasteiger partial charge in [-0.25, -0.2) is 0 Å². The first kappa shape index (κ1) is 15.7. The molecule has 1 fully saturated rings. The number of hydrogen-bond donors (Lipinski definition) is 1. The highest BCUT2D eigenvalue weighted by Crippen LogP contribution is 2.23. The molecule has 1 atom stereocenters. The largest absolute Gasteiger partial charge is 0.480 e. The molecule has 2 aliphatic heterocycles. The highest BCUT2D eigenvalue weighted by molar-refractivity contribution is 6.21. The van der Waals surface area contributed by atoms with E-state index < -0.39 is 12.0 Å². The Morgan fingerprint density at radius 2 is 1.74 bits per heavy atom. The molecule has 0 radical (unpaired) electrons. The number of imide groups is 1. The molecule has 122 valence electrons. The summed E-state index contributed by atoms with van der Waals surface area (Å²) in [5, 5.41) is 9.26. The van der Waals surface area contributed by atoms with Gasteiger partial charge in [0.25, 0.3) is 11.8 Å². The van der Waals surface area contributed by atoms with E-state index in [9.17, 15) is 19.5 Å². The van der Waals surface area contributed by atoms with Crippen LogP contribution < -0.4 is 0 Å². The zero-order valence-electron chi connectivity index (χ0n) is 12.9. The number of piperidine rings is 1. The number of carbonyl (C=O) groups excluding carboxylic acids is 2. The molecule has 2 heterocycles. The second kappa shape index (κ2) is 6.50. The van der Waals surface area contributed by atoms with Crippen LogP contribution in [0.1, 0.15) is 46.4 Å². The molecule has 0 bridgehead atoms. The Balaban J connectivity index is 1.58. The van der Waals surface area contributed by atoms with Crippen LogP contribution in [-0.4, -0.2) is 58.4 Å². The normalized spacial score (nSPS) is 21.6. The number of fused-ring (bicyclic) bond motifs is 1. The number of likely N-dealkylation sites (tertiary alicyclic amines) is 1. The summed E-state index contributed by atoms with van der Waals surface area (Å²) in [7, 11) is 0. The highest BCUT2D eigenvalue weighted by Gasteiger charge is 2.35. The van der Waals surface area contributed by atoms with Crippen molar-refractivity contribution in [2.24, 2.45) is 0 Å². The first-order valence-corrected chi connectivity index (χ1v) is 8.01. The summed E-state index contributed by atoms with van der Waals surface area (Å²) in [4.78, 5) is 39.0. The zero-order chi connectivity index (χ0) is 16.4. The number of carbonyl (C=O) groups is 3. The number of benzene rings is 1. The molecule has 23 heavy (non-hydrogen) atoms. The summed E-state index contributed by atoms with van der Waals surface area (Å²) >= 11 is 0. The van der Waals surface area contributed by atoms with Gasteiger partial charge in [-0.05, 0) is 37.9 Å². The molecule has 1 N–H and O–H groups in total. The van der Waals surface area contributed by atoms with Crippen molar-refractivity contribution in [1.29, 1.82) is 0 Å². The molecule has 2 amide bonds. The maximum absolute atomic E-state index is 12.3. The van der Waals surface area contributed by atoms with Crippen LogP contribution in [0.15, 0.2) is 24.3 Å². The summed E-state index contributed by atoms with van der Waals surface area (Å²) in [6, 6.07) is 6.39. The minimum absolute atomic E-state index is 0.251. The van der Waals surface area contributed by atoms with E-state index >= 15 is 0 Å². The minimum atomic E-state index is -0.787. The number of hydrogen-bond acceptors (Lipinski definition) is 4. The number of nitrogens with zero attached hydrogens (tertiary/aromatic N) is 2. The van der Waals surface area contributed by atoms with Gasteiger partial charge in [0.2, 0.25) is 0 Å². The summed E-state index contributed by atoms with van der Waals surface area (Å²) in [5.74, 6) is -1.29. The first-order valence-electron chi connectivity index (χ1n) is 8.01. The van der Waals surface area contributed by atoms with Gasteiger partial charge >= 0.3 is 5.97 Å². The third-order valence-corrected chi connectivity index (χ3v) is 4.60. The SMILES string of the molecule is O=C(O)C1CCCCN1CCCN1C(=O)c2ccccc2C1=O. The summed E-state index contributed by atoms with van der Waals surface area (Å²) in [6.07, 6.45) is 3.19. The van der Waals surface area contributed by atoms with E-state index in [4.69, 9.17) is 0 Å². The molecule has 1 unspecified atom stereocenters. The molecule has 3 rings (SSSR count). The molecule has 0 aliphatic carbocycles. The Bertz CT molecular complexity index is 608. The van der Waals surface area contributed by atoms with Crippen LogP contribution in [0.25, 0.3) is 0 Å². The topological polar surface area (TPSA) is 77.9 Å². The molecule has 6 nitrogen and oxygen atoms in total. The molecule has 0 spiro atoms. The third-order valence-electron chi connectivity index (χ3n) is 4.60. The van der Waals surface area contributed by atoms with Gasteiger partial charge in [-0.1, -0.05) is 18.6 Å². The van der Waals surface area contributed by atoms with Crippen LogP contribution in [0.3, 0.4) is 0 Å². The van der Waals surface area contributed by atoms with Crippen LogP contribution in [-0.2, 0) is 4.79 Å². The van der Waals surface area contributed by atoms with E-state index in [2.05, 4.69) is 0 Å². The molecule has 0 saturated carbocycles. The third kappa shape index (κ3) is 2.99. The number of amides is 2. The smallest absolute Gasteiger partial charge is 0.320 e. The fraction of sp³-hybridized carbons (Fsp3) is 0.471. The maximum Gasteiger partial charge on any atom is 0.320 e. The summed E-state index contributed by atoms with van der Waals surface area (Å²) in [6.45, 7) is 1.68. The number of carboxylic acid groups (broad SMARTS) is 1. The van der Waals surface area contributed by atoms with Gasteiger partial charge in [0.1, 0.15) is 6.04 Å². The van der Waals surface area contributed by atoms with E-state index in [1.165, 1.54) is 4.90 Å². The molecular formula is C17H20N2O4. The minimum Gasteiger partial charge on any atom is -0.480 e. The van der Waals surface area contributed by atoms with E-state index in [1.807, 2.05) is 4.90 Å². The lowest BCUT2D eigenvalue weighted by Gasteiger charge is -2.33. The fourth-order valence-corrected chi connectivity index (χ4v) is 3.41. The monoisotopic (exact) mass is 316 g/mol. The van der Waals surface area contributed by atoms with E-state index in [-0.39, 0.29) is 11.8 Å². The Morgan fingerprint density at radius 1 is 1.09 bits per heavy atom. The molecule has 6 heteroatoms. The van der Waals surface area contributed by atoms with Gasteiger partial charge in [0.05, 0.1) is 11.1 Å². The lowest BCUT2D eigenvalue weighted by atomic mass is 10.0. The number of carboxylic acids is 1. The Hall–Kier alpha value is -2.21.